The molecule has 7 nitrogen and oxygen atoms in total. The highest BCUT2D eigenvalue weighted by Crippen LogP contribution is 2.13. The van der Waals surface area contributed by atoms with Crippen molar-refractivity contribution in [3.8, 4) is 0 Å². The van der Waals surface area contributed by atoms with Crippen LogP contribution in [0, 0.1) is 5.92 Å². The number of carbonyl (C=O) groups is 3. The van der Waals surface area contributed by atoms with Gasteiger partial charge >= 0.3 is 6.09 Å². The molecule has 0 saturated carbocycles. The van der Waals surface area contributed by atoms with Crippen molar-refractivity contribution in [2.24, 2.45) is 5.92 Å². The normalized spacial score (nSPS) is 14.5. The highest BCUT2D eigenvalue weighted by Gasteiger charge is 2.34. The number of likely N-dealkylation sites (tertiary alicyclic amines) is 1. The monoisotopic (exact) mass is 423 g/mol. The molecule has 0 aliphatic carbocycles. The van der Waals surface area contributed by atoms with Gasteiger partial charge in [-0.15, -0.1) is 0 Å². The maximum Gasteiger partial charge on any atom is 0.410 e. The van der Waals surface area contributed by atoms with Crippen LogP contribution in [0.15, 0.2) is 60.7 Å². The van der Waals surface area contributed by atoms with Crippen molar-refractivity contribution >= 4 is 17.9 Å². The van der Waals surface area contributed by atoms with Crippen LogP contribution in [0.1, 0.15) is 36.2 Å². The Labute approximate surface area is 182 Å². The topological polar surface area (TPSA) is 87.7 Å². The number of nitrogens with one attached hydrogen (secondary N) is 2. The van der Waals surface area contributed by atoms with E-state index >= 15 is 0 Å². The summed E-state index contributed by atoms with van der Waals surface area (Å²) in [6.07, 6.45) is 0.130. The fraction of sp³-hybridized carbons (Fsp3) is 0.375. The predicted octanol–water partition coefficient (Wildman–Crippen LogP) is 2.97. The minimum Gasteiger partial charge on any atom is -0.445 e. The van der Waals surface area contributed by atoms with E-state index in [2.05, 4.69) is 10.6 Å². The van der Waals surface area contributed by atoms with Crippen LogP contribution in [0.3, 0.4) is 0 Å². The average Bonchev–Trinajstić information content (AvgIpc) is 2.74. The maximum atomic E-state index is 12.8. The Bertz CT molecular complexity index is 880. The molecule has 2 N–H and O–H groups in total. The Balaban J connectivity index is 1.46. The first-order chi connectivity index (χ1) is 14.9. The van der Waals surface area contributed by atoms with Gasteiger partial charge in [-0.25, -0.2) is 4.79 Å². The highest BCUT2D eigenvalue weighted by atomic mass is 16.6. The van der Waals surface area contributed by atoms with Crippen molar-refractivity contribution in [1.82, 2.24) is 15.5 Å². The van der Waals surface area contributed by atoms with E-state index in [9.17, 15) is 14.4 Å². The smallest absolute Gasteiger partial charge is 0.410 e. The highest BCUT2D eigenvalue weighted by molar-refractivity contribution is 5.97. The van der Waals surface area contributed by atoms with Gasteiger partial charge in [0.05, 0.1) is 6.04 Å². The van der Waals surface area contributed by atoms with Crippen LogP contribution in [-0.2, 0) is 16.1 Å². The van der Waals surface area contributed by atoms with E-state index in [4.69, 9.17) is 4.74 Å². The molecule has 0 spiro atoms. The molecule has 1 atom stereocenters. The van der Waals surface area contributed by atoms with Crippen molar-refractivity contribution < 1.29 is 19.1 Å². The second-order valence-corrected chi connectivity index (χ2v) is 8.17. The summed E-state index contributed by atoms with van der Waals surface area (Å²) in [6, 6.07) is 17.5. The molecule has 0 aromatic heterocycles. The Morgan fingerprint density at radius 3 is 2.23 bits per heavy atom. The molecule has 2 aromatic carbocycles. The third-order valence-corrected chi connectivity index (χ3v) is 5.06. The van der Waals surface area contributed by atoms with Gasteiger partial charge < -0.3 is 20.3 Å². The van der Waals surface area contributed by atoms with Gasteiger partial charge in [0.15, 0.2) is 0 Å². The molecular weight excluding hydrogens is 394 g/mol. The maximum absolute atomic E-state index is 12.8. The molecule has 7 heteroatoms. The predicted molar refractivity (Wildman–Crippen MR) is 117 cm³/mol. The van der Waals surface area contributed by atoms with E-state index in [0.29, 0.717) is 25.1 Å². The molecule has 164 valence electrons. The summed E-state index contributed by atoms with van der Waals surface area (Å²) < 4.78 is 5.30. The quantitative estimate of drug-likeness (QED) is 0.683. The molecule has 3 amide bonds. The third kappa shape index (κ3) is 6.57. The number of hydrogen-bond acceptors (Lipinski definition) is 4. The van der Waals surface area contributed by atoms with E-state index in [1.54, 1.807) is 29.2 Å². The van der Waals surface area contributed by atoms with Crippen molar-refractivity contribution in [2.45, 2.75) is 39.0 Å². The second-order valence-electron chi connectivity index (χ2n) is 8.17. The van der Waals surface area contributed by atoms with Crippen molar-refractivity contribution in [3.05, 3.63) is 71.8 Å². The molecule has 1 aliphatic heterocycles. The average molecular weight is 424 g/mol. The molecule has 1 heterocycles. The van der Waals surface area contributed by atoms with Crippen LogP contribution in [0.25, 0.3) is 0 Å². The fourth-order valence-electron chi connectivity index (χ4n) is 3.37. The minimum atomic E-state index is -0.633. The van der Waals surface area contributed by atoms with Gasteiger partial charge in [0.25, 0.3) is 5.91 Å². The number of ether oxygens (including phenoxy) is 1. The number of rotatable bonds is 8. The van der Waals surface area contributed by atoms with Crippen LogP contribution >= 0.6 is 0 Å². The molecule has 0 unspecified atom stereocenters. The number of amides is 3. The summed E-state index contributed by atoms with van der Waals surface area (Å²) in [5, 5.41) is 5.77. The first kappa shape index (κ1) is 22.3. The Morgan fingerprint density at radius 1 is 1.00 bits per heavy atom. The van der Waals surface area contributed by atoms with E-state index in [1.165, 1.54) is 0 Å². The van der Waals surface area contributed by atoms with Crippen LogP contribution in [-0.4, -0.2) is 48.0 Å². The second kappa shape index (κ2) is 10.6. The zero-order valence-corrected chi connectivity index (χ0v) is 17.9. The lowest BCUT2D eigenvalue weighted by Gasteiger charge is -2.39. The summed E-state index contributed by atoms with van der Waals surface area (Å²) in [4.78, 5) is 39.0. The zero-order valence-electron chi connectivity index (χ0n) is 17.9. The van der Waals surface area contributed by atoms with Crippen molar-refractivity contribution in [2.75, 3.05) is 13.1 Å². The van der Waals surface area contributed by atoms with E-state index in [1.807, 2.05) is 50.2 Å². The van der Waals surface area contributed by atoms with E-state index in [-0.39, 0.29) is 30.4 Å². The van der Waals surface area contributed by atoms with Crippen molar-refractivity contribution in [1.29, 1.82) is 0 Å². The van der Waals surface area contributed by atoms with Crippen LogP contribution in [0.5, 0.6) is 0 Å². The molecule has 3 rings (SSSR count). The Hall–Kier alpha value is -3.35. The lowest BCUT2D eigenvalue weighted by Crippen LogP contribution is -2.63. The molecule has 31 heavy (non-hydrogen) atoms. The third-order valence-electron chi connectivity index (χ3n) is 5.06. The van der Waals surface area contributed by atoms with E-state index < -0.39 is 12.1 Å². The van der Waals surface area contributed by atoms with Gasteiger partial charge in [0, 0.05) is 18.7 Å². The first-order valence-corrected chi connectivity index (χ1v) is 10.5. The van der Waals surface area contributed by atoms with E-state index in [0.717, 1.165) is 5.56 Å². The Morgan fingerprint density at radius 2 is 1.61 bits per heavy atom. The van der Waals surface area contributed by atoms with Crippen molar-refractivity contribution in [3.63, 3.8) is 0 Å². The summed E-state index contributed by atoms with van der Waals surface area (Å²) in [7, 11) is 0. The van der Waals surface area contributed by atoms with Crippen LogP contribution in [0.2, 0.25) is 0 Å². The van der Waals surface area contributed by atoms with Gasteiger partial charge in [-0.05, 0) is 30.0 Å². The minimum absolute atomic E-state index is 0.153. The number of hydrogen-bond donors (Lipinski definition) is 2. The Kier molecular flexibility index (Phi) is 7.65. The SMILES string of the molecule is CC(C)C[C@H](NC(=O)c1ccccc1)C(=O)NC1CN(C(=O)OCc2ccccc2)C1. The zero-order chi connectivity index (χ0) is 22.2. The lowest BCUT2D eigenvalue weighted by molar-refractivity contribution is -0.125. The first-order valence-electron chi connectivity index (χ1n) is 10.5. The van der Waals surface area contributed by atoms with Gasteiger partial charge in [-0.3, -0.25) is 9.59 Å². The summed E-state index contributed by atoms with van der Waals surface area (Å²) in [5.41, 5.74) is 1.44. The number of benzene rings is 2. The molecule has 1 saturated heterocycles. The molecule has 0 radical (unpaired) electrons. The van der Waals surface area contributed by atoms with Gasteiger partial charge in [0.2, 0.25) is 5.91 Å². The standard InChI is InChI=1S/C24H29N3O4/c1-17(2)13-21(26-22(28)19-11-7-4-8-12-19)23(29)25-20-14-27(15-20)24(30)31-16-18-9-5-3-6-10-18/h3-12,17,20-21H,13-16H2,1-2H3,(H,25,29)(H,26,28)/t21-/m0/s1. The van der Waals surface area contributed by atoms with Crippen LogP contribution in [0.4, 0.5) is 4.79 Å². The summed E-state index contributed by atoms with van der Waals surface area (Å²) >= 11 is 0. The van der Waals surface area contributed by atoms with Gasteiger partial charge in [-0.2, -0.15) is 0 Å². The molecule has 2 aromatic rings. The molecular formula is C24H29N3O4. The summed E-state index contributed by atoms with van der Waals surface area (Å²) in [5.74, 6) is -0.279. The van der Waals surface area contributed by atoms with Crippen LogP contribution < -0.4 is 10.6 Å². The molecule has 0 bridgehead atoms. The lowest BCUT2D eigenvalue weighted by atomic mass is 10.0. The molecule has 1 fully saturated rings. The number of nitrogens with zero attached hydrogens (tertiary/aromatic N) is 1. The van der Waals surface area contributed by atoms with Gasteiger partial charge in [-0.1, -0.05) is 62.4 Å². The number of carbonyl (C=O) groups excluding carboxylic acids is 3. The molecule has 1 aliphatic rings. The van der Waals surface area contributed by atoms with Gasteiger partial charge in [0.1, 0.15) is 12.6 Å². The summed E-state index contributed by atoms with van der Waals surface area (Å²) in [6.45, 7) is 5.00. The largest absolute Gasteiger partial charge is 0.445 e. The fourth-order valence-corrected chi connectivity index (χ4v) is 3.37.